The van der Waals surface area contributed by atoms with Crippen molar-refractivity contribution in [2.75, 3.05) is 30.9 Å². The lowest BCUT2D eigenvalue weighted by Gasteiger charge is -2.14. The van der Waals surface area contributed by atoms with Crippen LogP contribution < -0.4 is 10.6 Å². The van der Waals surface area contributed by atoms with E-state index in [1.54, 1.807) is 48.5 Å². The monoisotopic (exact) mass is 367 g/mol. The lowest BCUT2D eigenvalue weighted by Crippen LogP contribution is -2.37. The minimum Gasteiger partial charge on any atom is -0.375 e. The summed E-state index contributed by atoms with van der Waals surface area (Å²) >= 11 is 0. The van der Waals surface area contributed by atoms with Gasteiger partial charge in [0.2, 0.25) is 11.8 Å². The van der Waals surface area contributed by atoms with Crippen molar-refractivity contribution >= 4 is 35.0 Å². The Balaban J connectivity index is 1.59. The Morgan fingerprint density at radius 3 is 1.81 bits per heavy atom. The van der Waals surface area contributed by atoms with E-state index in [0.717, 1.165) is 4.90 Å². The molecule has 8 nitrogen and oxygen atoms in total. The van der Waals surface area contributed by atoms with Gasteiger partial charge >= 0.3 is 0 Å². The van der Waals surface area contributed by atoms with Gasteiger partial charge < -0.3 is 15.4 Å². The third-order valence-electron chi connectivity index (χ3n) is 3.91. The summed E-state index contributed by atoms with van der Waals surface area (Å²) in [6.07, 6.45) is 0. The van der Waals surface area contributed by atoms with Crippen molar-refractivity contribution in [3.05, 3.63) is 59.7 Å². The van der Waals surface area contributed by atoms with Crippen molar-refractivity contribution in [1.29, 1.82) is 0 Å². The van der Waals surface area contributed by atoms with Crippen molar-refractivity contribution in [3.8, 4) is 0 Å². The zero-order valence-electron chi connectivity index (χ0n) is 14.5. The predicted molar refractivity (Wildman–Crippen MR) is 97.4 cm³/mol. The Kier molecular flexibility index (Phi) is 5.28. The van der Waals surface area contributed by atoms with Crippen molar-refractivity contribution < 1.29 is 23.9 Å². The molecule has 4 amide bonds. The highest BCUT2D eigenvalue weighted by Gasteiger charge is 2.36. The van der Waals surface area contributed by atoms with E-state index >= 15 is 0 Å². The molecule has 8 heteroatoms. The number of benzene rings is 2. The van der Waals surface area contributed by atoms with E-state index < -0.39 is 17.7 Å². The van der Waals surface area contributed by atoms with Crippen LogP contribution in [0.3, 0.4) is 0 Å². The molecule has 138 valence electrons. The molecule has 0 saturated carbocycles. The lowest BCUT2D eigenvalue weighted by atomic mass is 10.1. The summed E-state index contributed by atoms with van der Waals surface area (Å²) < 4.78 is 4.73. The van der Waals surface area contributed by atoms with Gasteiger partial charge in [0.15, 0.2) is 0 Å². The van der Waals surface area contributed by atoms with E-state index in [-0.39, 0.29) is 19.1 Å². The van der Waals surface area contributed by atoms with Gasteiger partial charge in [0.05, 0.1) is 11.1 Å². The van der Waals surface area contributed by atoms with Gasteiger partial charge in [-0.25, -0.2) is 0 Å². The Hall–Kier alpha value is -3.52. The Labute approximate surface area is 155 Å². The van der Waals surface area contributed by atoms with Crippen molar-refractivity contribution in [2.24, 2.45) is 0 Å². The number of imide groups is 1. The van der Waals surface area contributed by atoms with E-state index in [1.165, 1.54) is 7.11 Å². The average Bonchev–Trinajstić information content (AvgIpc) is 2.89. The Morgan fingerprint density at radius 1 is 0.852 bits per heavy atom. The van der Waals surface area contributed by atoms with E-state index in [4.69, 9.17) is 4.74 Å². The number of fused-ring (bicyclic) bond motifs is 1. The minimum atomic E-state index is -0.499. The molecule has 1 aliphatic heterocycles. The van der Waals surface area contributed by atoms with Crippen LogP contribution in [0.15, 0.2) is 48.5 Å². The number of rotatable bonds is 6. The molecule has 2 aromatic rings. The van der Waals surface area contributed by atoms with Crippen molar-refractivity contribution in [1.82, 2.24) is 4.90 Å². The van der Waals surface area contributed by atoms with Gasteiger partial charge in [-0.1, -0.05) is 12.1 Å². The highest BCUT2D eigenvalue weighted by Crippen LogP contribution is 2.22. The first-order valence-corrected chi connectivity index (χ1v) is 8.13. The molecule has 0 bridgehead atoms. The molecule has 0 atom stereocenters. The van der Waals surface area contributed by atoms with Crippen molar-refractivity contribution in [3.63, 3.8) is 0 Å². The third kappa shape index (κ3) is 4.01. The molecule has 3 rings (SSSR count). The van der Waals surface area contributed by atoms with Crippen molar-refractivity contribution in [2.45, 2.75) is 0 Å². The largest absolute Gasteiger partial charge is 0.375 e. The molecule has 2 N–H and O–H groups in total. The van der Waals surface area contributed by atoms with Gasteiger partial charge in [-0.05, 0) is 36.4 Å². The van der Waals surface area contributed by atoms with E-state index in [9.17, 15) is 19.2 Å². The standard InChI is InChI=1S/C19H17N3O5/c1-27-11-17(24)21-13-8-6-12(7-9-13)20-16(23)10-22-18(25)14-4-2-3-5-15(14)19(22)26/h2-9H,10-11H2,1H3,(H,20,23)(H,21,24). The van der Waals surface area contributed by atoms with Crippen LogP contribution in [-0.4, -0.2) is 48.8 Å². The number of amides is 4. The summed E-state index contributed by atoms with van der Waals surface area (Å²) in [5, 5.41) is 5.25. The first-order chi connectivity index (χ1) is 13.0. The smallest absolute Gasteiger partial charge is 0.262 e. The minimum absolute atomic E-state index is 0.0568. The maximum atomic E-state index is 12.3. The van der Waals surface area contributed by atoms with Gasteiger partial charge in [-0.3, -0.25) is 24.1 Å². The van der Waals surface area contributed by atoms with Crippen LogP contribution in [0.1, 0.15) is 20.7 Å². The van der Waals surface area contributed by atoms with Gasteiger partial charge in [-0.2, -0.15) is 0 Å². The first kappa shape index (κ1) is 18.3. The quantitative estimate of drug-likeness (QED) is 0.753. The summed E-state index contributed by atoms with van der Waals surface area (Å²) in [5.41, 5.74) is 1.62. The molecule has 0 aromatic heterocycles. The molecule has 1 aliphatic rings. The lowest BCUT2D eigenvalue weighted by molar-refractivity contribution is -0.119. The second-order valence-corrected chi connectivity index (χ2v) is 5.85. The number of carbonyl (C=O) groups is 4. The molecular weight excluding hydrogens is 350 g/mol. The maximum Gasteiger partial charge on any atom is 0.262 e. The molecular formula is C19H17N3O5. The summed E-state index contributed by atoms with van der Waals surface area (Å²) in [4.78, 5) is 49.1. The van der Waals surface area contributed by atoms with Crippen LogP contribution in [-0.2, 0) is 14.3 Å². The molecule has 1 heterocycles. The molecule has 27 heavy (non-hydrogen) atoms. The van der Waals surface area contributed by atoms with Crippen LogP contribution in [0, 0.1) is 0 Å². The fourth-order valence-corrected chi connectivity index (χ4v) is 2.69. The van der Waals surface area contributed by atoms with E-state index in [2.05, 4.69) is 10.6 Å². The zero-order valence-corrected chi connectivity index (χ0v) is 14.5. The van der Waals surface area contributed by atoms with Gasteiger partial charge in [0.25, 0.3) is 11.8 Å². The highest BCUT2D eigenvalue weighted by molar-refractivity contribution is 6.22. The van der Waals surface area contributed by atoms with Crippen LogP contribution in [0.2, 0.25) is 0 Å². The molecule has 0 saturated heterocycles. The number of nitrogens with one attached hydrogen (secondary N) is 2. The predicted octanol–water partition coefficient (Wildman–Crippen LogP) is 1.51. The summed E-state index contributed by atoms with van der Waals surface area (Å²) in [6.45, 7) is -0.433. The second-order valence-electron chi connectivity index (χ2n) is 5.85. The van der Waals surface area contributed by atoms with Gasteiger partial charge in [0.1, 0.15) is 13.2 Å². The number of anilines is 2. The molecule has 0 unspecified atom stereocenters. The summed E-state index contributed by atoms with van der Waals surface area (Å²) in [6, 6.07) is 12.9. The zero-order chi connectivity index (χ0) is 19.4. The van der Waals surface area contributed by atoms with Crippen LogP contribution in [0.4, 0.5) is 11.4 Å². The molecule has 0 aliphatic carbocycles. The fraction of sp³-hybridized carbons (Fsp3) is 0.158. The summed E-state index contributed by atoms with van der Waals surface area (Å²) in [7, 11) is 1.42. The number of hydrogen-bond donors (Lipinski definition) is 2. The summed E-state index contributed by atoms with van der Waals surface area (Å²) in [5.74, 6) is -1.76. The van der Waals surface area contributed by atoms with E-state index in [1.807, 2.05) is 0 Å². The maximum absolute atomic E-state index is 12.3. The SMILES string of the molecule is COCC(=O)Nc1ccc(NC(=O)CN2C(=O)c3ccccc3C2=O)cc1. The number of methoxy groups -OCH3 is 1. The first-order valence-electron chi connectivity index (χ1n) is 8.13. The van der Waals surface area contributed by atoms with Crippen LogP contribution in [0.5, 0.6) is 0 Å². The highest BCUT2D eigenvalue weighted by atomic mass is 16.5. The third-order valence-corrected chi connectivity index (χ3v) is 3.91. The number of hydrogen-bond acceptors (Lipinski definition) is 5. The normalized spacial score (nSPS) is 12.7. The van der Waals surface area contributed by atoms with Crippen LogP contribution >= 0.6 is 0 Å². The van der Waals surface area contributed by atoms with Gasteiger partial charge in [-0.15, -0.1) is 0 Å². The van der Waals surface area contributed by atoms with Gasteiger partial charge in [0, 0.05) is 18.5 Å². The Bertz CT molecular complexity index is 873. The Morgan fingerprint density at radius 2 is 1.33 bits per heavy atom. The number of nitrogens with zero attached hydrogens (tertiary/aromatic N) is 1. The van der Waals surface area contributed by atoms with E-state index in [0.29, 0.717) is 22.5 Å². The average molecular weight is 367 g/mol. The molecule has 0 spiro atoms. The molecule has 2 aromatic carbocycles. The number of ether oxygens (including phenoxy) is 1. The fourth-order valence-electron chi connectivity index (χ4n) is 2.69. The molecule has 0 radical (unpaired) electrons. The van der Waals surface area contributed by atoms with Crippen LogP contribution in [0.25, 0.3) is 0 Å². The second kappa shape index (κ2) is 7.79. The topological polar surface area (TPSA) is 105 Å². The number of carbonyl (C=O) groups excluding carboxylic acids is 4. The molecule has 0 fully saturated rings.